The predicted octanol–water partition coefficient (Wildman–Crippen LogP) is 3.76. The first-order valence-electron chi connectivity index (χ1n) is 6.68. The monoisotopic (exact) mass is 283 g/mol. The van der Waals surface area contributed by atoms with E-state index in [1.165, 1.54) is 6.07 Å². The highest BCUT2D eigenvalue weighted by Crippen LogP contribution is 2.27. The molecule has 1 fully saturated rings. The molecule has 0 radical (unpaired) electrons. The number of nitrogens with zero attached hydrogens (tertiary/aromatic N) is 1. The molecule has 2 atom stereocenters. The van der Waals surface area contributed by atoms with Gasteiger partial charge >= 0.3 is 0 Å². The van der Waals surface area contributed by atoms with Crippen LogP contribution in [0.1, 0.15) is 41.6 Å². The number of alkyl halides is 1. The third-order valence-electron chi connectivity index (χ3n) is 3.82. The number of hydrogen-bond acceptors (Lipinski definition) is 1. The molecule has 4 heteroatoms. The molecule has 1 saturated carbocycles. The van der Waals surface area contributed by atoms with Gasteiger partial charge < -0.3 is 4.90 Å². The van der Waals surface area contributed by atoms with Gasteiger partial charge in [0.15, 0.2) is 0 Å². The van der Waals surface area contributed by atoms with E-state index in [-0.39, 0.29) is 22.9 Å². The molecule has 0 N–H and O–H groups in total. The molecule has 1 aromatic rings. The third-order valence-corrected chi connectivity index (χ3v) is 4.33. The number of halogens is 2. The minimum absolute atomic E-state index is 0.00262. The van der Waals surface area contributed by atoms with Crippen molar-refractivity contribution in [1.82, 2.24) is 4.90 Å². The fourth-order valence-electron chi connectivity index (χ4n) is 2.65. The number of hydrogen-bond donors (Lipinski definition) is 0. The molecule has 0 heterocycles. The summed E-state index contributed by atoms with van der Waals surface area (Å²) >= 11 is 6.29. The molecule has 0 aliphatic heterocycles. The summed E-state index contributed by atoms with van der Waals surface area (Å²) in [5, 5.41) is -0.0319. The fraction of sp³-hybridized carbons (Fsp3) is 0.533. The Kier molecular flexibility index (Phi) is 4.46. The van der Waals surface area contributed by atoms with Crippen molar-refractivity contribution in [1.29, 1.82) is 0 Å². The van der Waals surface area contributed by atoms with Crippen LogP contribution < -0.4 is 0 Å². The molecule has 2 unspecified atom stereocenters. The molecule has 104 valence electrons. The highest BCUT2D eigenvalue weighted by Gasteiger charge is 2.30. The Morgan fingerprint density at radius 3 is 2.74 bits per heavy atom. The van der Waals surface area contributed by atoms with Crippen LogP contribution in [0.4, 0.5) is 4.39 Å². The summed E-state index contributed by atoms with van der Waals surface area (Å²) in [6.07, 6.45) is 3.98. The van der Waals surface area contributed by atoms with Crippen LogP contribution in [0, 0.1) is 12.7 Å². The van der Waals surface area contributed by atoms with Gasteiger partial charge in [-0.25, -0.2) is 4.39 Å². The molecule has 0 bridgehead atoms. The average Bonchev–Trinajstić information content (AvgIpc) is 2.40. The predicted molar refractivity (Wildman–Crippen MR) is 75.1 cm³/mol. The Labute approximate surface area is 118 Å². The fourth-order valence-corrected chi connectivity index (χ4v) is 3.10. The second-order valence-corrected chi connectivity index (χ2v) is 5.83. The lowest BCUT2D eigenvalue weighted by molar-refractivity contribution is 0.0695. The highest BCUT2D eigenvalue weighted by atomic mass is 35.5. The maximum Gasteiger partial charge on any atom is 0.256 e. The zero-order chi connectivity index (χ0) is 14.0. The Morgan fingerprint density at radius 2 is 2.05 bits per heavy atom. The van der Waals surface area contributed by atoms with Gasteiger partial charge in [0, 0.05) is 13.1 Å². The van der Waals surface area contributed by atoms with E-state index in [4.69, 9.17) is 11.6 Å². The molecule has 1 amide bonds. The first-order chi connectivity index (χ1) is 9.00. The zero-order valence-corrected chi connectivity index (χ0v) is 12.1. The van der Waals surface area contributed by atoms with E-state index in [0.717, 1.165) is 31.2 Å². The largest absolute Gasteiger partial charge is 0.337 e. The number of aryl methyl sites for hydroxylation is 1. The number of rotatable bonds is 2. The van der Waals surface area contributed by atoms with Crippen LogP contribution in [0.5, 0.6) is 0 Å². The summed E-state index contributed by atoms with van der Waals surface area (Å²) in [4.78, 5) is 14.0. The number of carbonyl (C=O) groups is 1. The lowest BCUT2D eigenvalue weighted by Crippen LogP contribution is -2.44. The smallest absolute Gasteiger partial charge is 0.256 e. The summed E-state index contributed by atoms with van der Waals surface area (Å²) in [5.41, 5.74) is 1.01. The molecule has 1 aliphatic carbocycles. The minimum Gasteiger partial charge on any atom is -0.337 e. The molecule has 0 saturated heterocycles. The van der Waals surface area contributed by atoms with E-state index < -0.39 is 5.82 Å². The molecular weight excluding hydrogens is 265 g/mol. The maximum absolute atomic E-state index is 13.8. The average molecular weight is 284 g/mol. The maximum atomic E-state index is 13.8. The molecule has 1 aliphatic rings. The van der Waals surface area contributed by atoms with Gasteiger partial charge in [0.25, 0.3) is 5.91 Å². The number of benzene rings is 1. The van der Waals surface area contributed by atoms with E-state index in [0.29, 0.717) is 0 Å². The van der Waals surface area contributed by atoms with Crippen molar-refractivity contribution >= 4 is 17.5 Å². The molecule has 1 aromatic carbocycles. The second kappa shape index (κ2) is 5.91. The van der Waals surface area contributed by atoms with Crippen LogP contribution in [0.25, 0.3) is 0 Å². The van der Waals surface area contributed by atoms with Crippen molar-refractivity contribution in [2.45, 2.75) is 44.0 Å². The number of carbonyl (C=O) groups excluding carboxylic acids is 1. The van der Waals surface area contributed by atoms with Crippen molar-refractivity contribution in [3.05, 3.63) is 35.1 Å². The minimum atomic E-state index is -0.468. The Bertz CT molecular complexity index is 477. The SMILES string of the molecule is Cc1ccc(F)c(C(=O)N(C)C2CCCCC2Cl)c1. The van der Waals surface area contributed by atoms with Gasteiger partial charge in [-0.1, -0.05) is 24.5 Å². The van der Waals surface area contributed by atoms with E-state index in [9.17, 15) is 9.18 Å². The first-order valence-corrected chi connectivity index (χ1v) is 7.11. The molecule has 19 heavy (non-hydrogen) atoms. The van der Waals surface area contributed by atoms with Gasteiger partial charge in [0.2, 0.25) is 0 Å². The van der Waals surface area contributed by atoms with Gasteiger partial charge in [-0.2, -0.15) is 0 Å². The summed E-state index contributed by atoms with van der Waals surface area (Å²) in [6, 6.07) is 4.61. The van der Waals surface area contributed by atoms with Gasteiger partial charge in [0.05, 0.1) is 10.9 Å². The molecule has 0 aromatic heterocycles. The van der Waals surface area contributed by atoms with Crippen LogP contribution in [0.3, 0.4) is 0 Å². The summed E-state index contributed by atoms with van der Waals surface area (Å²) in [5.74, 6) is -0.747. The normalized spacial score (nSPS) is 23.2. The highest BCUT2D eigenvalue weighted by molar-refractivity contribution is 6.21. The van der Waals surface area contributed by atoms with Crippen LogP contribution in [-0.4, -0.2) is 29.3 Å². The number of amides is 1. The molecule has 0 spiro atoms. The Morgan fingerprint density at radius 1 is 1.37 bits per heavy atom. The van der Waals surface area contributed by atoms with Crippen LogP contribution in [0.15, 0.2) is 18.2 Å². The van der Waals surface area contributed by atoms with Crippen LogP contribution >= 0.6 is 11.6 Å². The van der Waals surface area contributed by atoms with E-state index in [1.807, 2.05) is 6.92 Å². The van der Waals surface area contributed by atoms with Gasteiger partial charge in [-0.15, -0.1) is 11.6 Å². The van der Waals surface area contributed by atoms with Crippen molar-refractivity contribution in [2.24, 2.45) is 0 Å². The van der Waals surface area contributed by atoms with E-state index >= 15 is 0 Å². The van der Waals surface area contributed by atoms with Crippen LogP contribution in [-0.2, 0) is 0 Å². The lowest BCUT2D eigenvalue weighted by atomic mass is 9.93. The standard InChI is InChI=1S/C15H19ClFNO/c1-10-7-8-13(17)11(9-10)15(19)18(2)14-6-4-3-5-12(14)16/h7-9,12,14H,3-6H2,1-2H3. The quantitative estimate of drug-likeness (QED) is 0.757. The summed E-state index contributed by atoms with van der Waals surface area (Å²) in [6.45, 7) is 1.85. The van der Waals surface area contributed by atoms with Crippen molar-refractivity contribution in [2.75, 3.05) is 7.05 Å². The third kappa shape index (κ3) is 3.08. The zero-order valence-electron chi connectivity index (χ0n) is 11.3. The topological polar surface area (TPSA) is 20.3 Å². The van der Waals surface area contributed by atoms with Gasteiger partial charge in [-0.3, -0.25) is 4.79 Å². The van der Waals surface area contributed by atoms with Crippen molar-refractivity contribution in [3.8, 4) is 0 Å². The van der Waals surface area contributed by atoms with Gasteiger partial charge in [-0.05, 0) is 31.9 Å². The molecule has 2 rings (SSSR count). The van der Waals surface area contributed by atoms with Crippen molar-refractivity contribution < 1.29 is 9.18 Å². The lowest BCUT2D eigenvalue weighted by Gasteiger charge is -2.35. The molecule has 2 nitrogen and oxygen atoms in total. The van der Waals surface area contributed by atoms with E-state index in [1.54, 1.807) is 24.1 Å². The Hall–Kier alpha value is -1.09. The summed E-state index contributed by atoms with van der Waals surface area (Å²) < 4.78 is 13.8. The van der Waals surface area contributed by atoms with Crippen molar-refractivity contribution in [3.63, 3.8) is 0 Å². The second-order valence-electron chi connectivity index (χ2n) is 5.27. The Balaban J connectivity index is 2.20. The molecular formula is C15H19ClFNO. The first kappa shape index (κ1) is 14.3. The van der Waals surface area contributed by atoms with E-state index in [2.05, 4.69) is 0 Å². The van der Waals surface area contributed by atoms with Crippen LogP contribution in [0.2, 0.25) is 0 Å². The van der Waals surface area contributed by atoms with Gasteiger partial charge in [0.1, 0.15) is 5.82 Å². The summed E-state index contributed by atoms with van der Waals surface area (Å²) in [7, 11) is 1.72.